The number of hydrogen-bond donors (Lipinski definition) is 1. The minimum Gasteiger partial charge on any atom is -0.374 e. The molecule has 3 nitrogen and oxygen atoms in total. The highest BCUT2D eigenvalue weighted by atomic mass is 32.2. The van der Waals surface area contributed by atoms with Crippen molar-refractivity contribution in [3.8, 4) is 0 Å². The van der Waals surface area contributed by atoms with E-state index >= 15 is 0 Å². The normalized spacial score (nSPS) is 20.7. The van der Waals surface area contributed by atoms with Crippen LogP contribution in [-0.4, -0.2) is 49.8 Å². The van der Waals surface area contributed by atoms with Gasteiger partial charge in [-0.2, -0.15) is 13.2 Å². The van der Waals surface area contributed by atoms with Gasteiger partial charge >= 0.3 is 5.51 Å². The standard InChI is InChI=1S/C14H19F3N2OS/c1-18-8-12-10-19(6-7-20-12)9-11-2-4-13(5-3-11)21-14(15,16)17/h2-5,12,18H,6-10H2,1H3. The van der Waals surface area contributed by atoms with Gasteiger partial charge in [0.1, 0.15) is 0 Å². The Morgan fingerprint density at radius 2 is 2.05 bits per heavy atom. The van der Waals surface area contributed by atoms with Crippen molar-refractivity contribution in [1.82, 2.24) is 10.2 Å². The molecule has 1 aliphatic rings. The molecule has 1 aliphatic heterocycles. The Labute approximate surface area is 126 Å². The molecule has 1 saturated heterocycles. The predicted molar refractivity (Wildman–Crippen MR) is 77.3 cm³/mol. The van der Waals surface area contributed by atoms with Crippen molar-refractivity contribution in [3.05, 3.63) is 29.8 Å². The summed E-state index contributed by atoms with van der Waals surface area (Å²) in [5.41, 5.74) is -3.21. The first-order chi connectivity index (χ1) is 9.96. The molecule has 0 bridgehead atoms. The molecule has 118 valence electrons. The van der Waals surface area contributed by atoms with Crippen molar-refractivity contribution in [3.63, 3.8) is 0 Å². The van der Waals surface area contributed by atoms with Crippen LogP contribution in [0.4, 0.5) is 13.2 Å². The maximum atomic E-state index is 12.3. The van der Waals surface area contributed by atoms with Crippen LogP contribution in [0.3, 0.4) is 0 Å². The first-order valence-electron chi connectivity index (χ1n) is 6.79. The largest absolute Gasteiger partial charge is 0.446 e. The van der Waals surface area contributed by atoms with Gasteiger partial charge in [0.25, 0.3) is 0 Å². The number of nitrogens with one attached hydrogen (secondary N) is 1. The Hall–Kier alpha value is -0.760. The molecule has 7 heteroatoms. The van der Waals surface area contributed by atoms with E-state index in [4.69, 9.17) is 4.74 Å². The molecule has 1 N–H and O–H groups in total. The van der Waals surface area contributed by atoms with Gasteiger partial charge in [-0.15, -0.1) is 0 Å². The number of morpholine rings is 1. The molecule has 1 unspecified atom stereocenters. The van der Waals surface area contributed by atoms with E-state index < -0.39 is 5.51 Å². The van der Waals surface area contributed by atoms with Crippen LogP contribution < -0.4 is 5.32 Å². The van der Waals surface area contributed by atoms with Crippen LogP contribution in [0, 0.1) is 0 Å². The third kappa shape index (κ3) is 5.86. The number of nitrogens with zero attached hydrogens (tertiary/aromatic N) is 1. The van der Waals surface area contributed by atoms with Gasteiger partial charge in [0.15, 0.2) is 0 Å². The fraction of sp³-hybridized carbons (Fsp3) is 0.571. The van der Waals surface area contributed by atoms with Crippen LogP contribution >= 0.6 is 11.8 Å². The summed E-state index contributed by atoms with van der Waals surface area (Å²) in [5, 5.41) is 3.09. The van der Waals surface area contributed by atoms with Crippen LogP contribution in [-0.2, 0) is 11.3 Å². The second-order valence-corrected chi connectivity index (χ2v) is 6.12. The van der Waals surface area contributed by atoms with Gasteiger partial charge in [-0.05, 0) is 36.5 Å². The molecule has 1 aromatic rings. The smallest absolute Gasteiger partial charge is 0.374 e. The third-order valence-corrected chi connectivity index (χ3v) is 3.96. The van der Waals surface area contributed by atoms with Crippen LogP contribution in [0.25, 0.3) is 0 Å². The number of likely N-dealkylation sites (N-methyl/N-ethyl adjacent to an activating group) is 1. The van der Waals surface area contributed by atoms with Gasteiger partial charge < -0.3 is 10.1 Å². The second kappa shape index (κ2) is 7.49. The quantitative estimate of drug-likeness (QED) is 0.843. The van der Waals surface area contributed by atoms with Gasteiger partial charge in [-0.1, -0.05) is 12.1 Å². The van der Waals surface area contributed by atoms with E-state index in [1.165, 1.54) is 12.1 Å². The number of rotatable bonds is 5. The van der Waals surface area contributed by atoms with Crippen molar-refractivity contribution in [1.29, 1.82) is 0 Å². The van der Waals surface area contributed by atoms with Gasteiger partial charge in [-0.3, -0.25) is 4.90 Å². The molecule has 0 radical (unpaired) electrons. The second-order valence-electron chi connectivity index (χ2n) is 4.98. The topological polar surface area (TPSA) is 24.5 Å². The lowest BCUT2D eigenvalue weighted by atomic mass is 10.2. The third-order valence-electron chi connectivity index (χ3n) is 3.22. The Morgan fingerprint density at radius 3 is 2.67 bits per heavy atom. The summed E-state index contributed by atoms with van der Waals surface area (Å²) >= 11 is -0.0794. The zero-order valence-corrected chi connectivity index (χ0v) is 12.6. The summed E-state index contributed by atoms with van der Waals surface area (Å²) in [6, 6.07) is 6.57. The molecular formula is C14H19F3N2OS. The lowest BCUT2D eigenvalue weighted by molar-refractivity contribution is -0.0328. The van der Waals surface area contributed by atoms with Gasteiger partial charge in [0.05, 0.1) is 12.7 Å². The lowest BCUT2D eigenvalue weighted by Gasteiger charge is -2.32. The Morgan fingerprint density at radius 1 is 1.33 bits per heavy atom. The van der Waals surface area contributed by atoms with Gasteiger partial charge in [0.2, 0.25) is 0 Å². The Kier molecular flexibility index (Phi) is 5.92. The van der Waals surface area contributed by atoms with Crippen molar-refractivity contribution < 1.29 is 17.9 Å². The lowest BCUT2D eigenvalue weighted by Crippen LogP contribution is -2.45. The molecule has 1 heterocycles. The van der Waals surface area contributed by atoms with Crippen LogP contribution in [0.1, 0.15) is 5.56 Å². The van der Waals surface area contributed by atoms with Crippen LogP contribution in [0.15, 0.2) is 29.2 Å². The van der Waals surface area contributed by atoms with E-state index in [-0.39, 0.29) is 22.8 Å². The van der Waals surface area contributed by atoms with E-state index in [0.29, 0.717) is 6.61 Å². The summed E-state index contributed by atoms with van der Waals surface area (Å²) in [7, 11) is 1.89. The Bertz CT molecular complexity index is 437. The highest BCUT2D eigenvalue weighted by Crippen LogP contribution is 2.36. The zero-order valence-electron chi connectivity index (χ0n) is 11.8. The summed E-state index contributed by atoms with van der Waals surface area (Å²) in [5.74, 6) is 0. The minimum atomic E-state index is -4.23. The first kappa shape index (κ1) is 16.6. The maximum absolute atomic E-state index is 12.3. The molecule has 0 aromatic heterocycles. The molecule has 21 heavy (non-hydrogen) atoms. The fourth-order valence-corrected chi connectivity index (χ4v) is 2.87. The van der Waals surface area contributed by atoms with Crippen LogP contribution in [0.5, 0.6) is 0 Å². The molecule has 1 atom stereocenters. The Balaban J connectivity index is 1.88. The number of alkyl halides is 3. The summed E-state index contributed by atoms with van der Waals surface area (Å²) in [6.45, 7) is 3.91. The zero-order chi connectivity index (χ0) is 15.3. The summed E-state index contributed by atoms with van der Waals surface area (Å²) < 4.78 is 42.4. The predicted octanol–water partition coefficient (Wildman–Crippen LogP) is 2.72. The number of benzene rings is 1. The van der Waals surface area contributed by atoms with Crippen molar-refractivity contribution in [2.75, 3.05) is 33.3 Å². The van der Waals surface area contributed by atoms with E-state index in [1.807, 2.05) is 7.05 Å². The first-order valence-corrected chi connectivity index (χ1v) is 7.61. The van der Waals surface area contributed by atoms with Crippen molar-refractivity contribution in [2.45, 2.75) is 23.1 Å². The molecule has 0 aliphatic carbocycles. The van der Waals surface area contributed by atoms with E-state index in [1.54, 1.807) is 12.1 Å². The fourth-order valence-electron chi connectivity index (χ4n) is 2.33. The molecule has 0 spiro atoms. The minimum absolute atomic E-state index is 0.0794. The molecule has 1 aromatic carbocycles. The number of ether oxygens (including phenoxy) is 1. The van der Waals surface area contributed by atoms with Gasteiger partial charge in [-0.25, -0.2) is 0 Å². The highest BCUT2D eigenvalue weighted by Gasteiger charge is 2.29. The van der Waals surface area contributed by atoms with E-state index in [9.17, 15) is 13.2 Å². The number of halogens is 3. The van der Waals surface area contributed by atoms with Crippen molar-refractivity contribution >= 4 is 11.8 Å². The monoisotopic (exact) mass is 320 g/mol. The highest BCUT2D eigenvalue weighted by molar-refractivity contribution is 8.00. The average molecular weight is 320 g/mol. The van der Waals surface area contributed by atoms with Crippen LogP contribution in [0.2, 0.25) is 0 Å². The van der Waals surface area contributed by atoms with Gasteiger partial charge in [0, 0.05) is 31.1 Å². The van der Waals surface area contributed by atoms with E-state index in [2.05, 4.69) is 10.2 Å². The summed E-state index contributed by atoms with van der Waals surface area (Å²) in [4.78, 5) is 2.48. The van der Waals surface area contributed by atoms with Crippen molar-refractivity contribution in [2.24, 2.45) is 0 Å². The molecule has 0 saturated carbocycles. The molecule has 0 amide bonds. The summed E-state index contributed by atoms with van der Waals surface area (Å²) in [6.07, 6.45) is 0.170. The molecular weight excluding hydrogens is 301 g/mol. The molecule has 1 fully saturated rings. The van der Waals surface area contributed by atoms with E-state index in [0.717, 1.165) is 31.7 Å². The number of hydrogen-bond acceptors (Lipinski definition) is 4. The maximum Gasteiger partial charge on any atom is 0.446 e. The molecule has 2 rings (SSSR count). The average Bonchev–Trinajstić information content (AvgIpc) is 2.40. The SMILES string of the molecule is CNCC1CN(Cc2ccc(SC(F)(F)F)cc2)CCO1. The number of thioether (sulfide) groups is 1.